The van der Waals surface area contributed by atoms with Crippen LogP contribution in [0.1, 0.15) is 11.1 Å². The minimum absolute atomic E-state index is 0.0486. The van der Waals surface area contributed by atoms with Gasteiger partial charge in [0, 0.05) is 0 Å². The van der Waals surface area contributed by atoms with Crippen LogP contribution in [0, 0.1) is 6.92 Å². The Morgan fingerprint density at radius 3 is 2.65 bits per heavy atom. The molecule has 0 saturated carbocycles. The maximum Gasteiger partial charge on any atom is 0.412 e. The molecule has 2 rings (SSSR count). The number of hydrogen-bond donors (Lipinski definition) is 2. The molecule has 0 bridgehead atoms. The van der Waals surface area contributed by atoms with E-state index in [1.807, 2.05) is 30.3 Å². The van der Waals surface area contributed by atoms with Crippen molar-refractivity contribution in [2.75, 3.05) is 5.32 Å². The Morgan fingerprint density at radius 2 is 1.95 bits per heavy atom. The third-order valence-electron chi connectivity index (χ3n) is 2.77. The van der Waals surface area contributed by atoms with Gasteiger partial charge in [0.15, 0.2) is 0 Å². The van der Waals surface area contributed by atoms with Gasteiger partial charge in [0.1, 0.15) is 17.4 Å². The number of amides is 1. The molecular weight excluding hydrogens is 278 g/mol. The Kier molecular flexibility index (Phi) is 4.48. The summed E-state index contributed by atoms with van der Waals surface area (Å²) in [6.07, 6.45) is -0.626. The maximum atomic E-state index is 11.7. The molecule has 0 fully saturated rings. The second kappa shape index (κ2) is 6.30. The molecule has 0 aliphatic rings. The zero-order valence-corrected chi connectivity index (χ0v) is 11.6. The molecule has 2 N–H and O–H groups in total. The standard InChI is InChI=1S/C15H14ClNO3/c1-10-7-8-12(13(16)14(10)18)17-15(19)20-9-11-5-3-2-4-6-11/h2-8,18H,9H2,1H3,(H,17,19). The molecule has 2 aromatic rings. The van der Waals surface area contributed by atoms with Crippen LogP contribution in [0.3, 0.4) is 0 Å². The molecule has 4 nitrogen and oxygen atoms in total. The zero-order valence-electron chi connectivity index (χ0n) is 10.9. The van der Waals surface area contributed by atoms with Gasteiger partial charge in [-0.05, 0) is 24.1 Å². The first kappa shape index (κ1) is 14.2. The molecular formula is C15H14ClNO3. The summed E-state index contributed by atoms with van der Waals surface area (Å²) >= 11 is 5.94. The molecule has 1 amide bonds. The lowest BCUT2D eigenvalue weighted by Crippen LogP contribution is -2.13. The largest absolute Gasteiger partial charge is 0.506 e. The number of benzene rings is 2. The highest BCUT2D eigenvalue weighted by Crippen LogP contribution is 2.33. The lowest BCUT2D eigenvalue weighted by atomic mass is 10.2. The number of phenolic OH excluding ortho intramolecular Hbond substituents is 1. The average molecular weight is 292 g/mol. The molecule has 0 saturated heterocycles. The third kappa shape index (κ3) is 3.42. The van der Waals surface area contributed by atoms with Crippen LogP contribution < -0.4 is 5.32 Å². The van der Waals surface area contributed by atoms with E-state index < -0.39 is 6.09 Å². The third-order valence-corrected chi connectivity index (χ3v) is 3.15. The number of rotatable bonds is 3. The summed E-state index contributed by atoms with van der Waals surface area (Å²) in [4.78, 5) is 11.7. The molecule has 0 aliphatic carbocycles. The van der Waals surface area contributed by atoms with Crippen molar-refractivity contribution in [1.29, 1.82) is 0 Å². The van der Waals surface area contributed by atoms with Crippen molar-refractivity contribution in [1.82, 2.24) is 0 Å². The number of carbonyl (C=O) groups is 1. The number of aryl methyl sites for hydroxylation is 1. The lowest BCUT2D eigenvalue weighted by Gasteiger charge is -2.10. The van der Waals surface area contributed by atoms with Crippen LogP contribution in [-0.4, -0.2) is 11.2 Å². The highest BCUT2D eigenvalue weighted by atomic mass is 35.5. The lowest BCUT2D eigenvalue weighted by molar-refractivity contribution is 0.155. The highest BCUT2D eigenvalue weighted by Gasteiger charge is 2.11. The number of aromatic hydroxyl groups is 1. The first-order valence-corrected chi connectivity index (χ1v) is 6.41. The molecule has 5 heteroatoms. The van der Waals surface area contributed by atoms with Crippen molar-refractivity contribution >= 4 is 23.4 Å². The Morgan fingerprint density at radius 1 is 1.25 bits per heavy atom. The highest BCUT2D eigenvalue weighted by molar-refractivity contribution is 6.35. The Bertz CT molecular complexity index is 614. The van der Waals surface area contributed by atoms with E-state index in [9.17, 15) is 9.90 Å². The number of hydrogen-bond acceptors (Lipinski definition) is 3. The van der Waals surface area contributed by atoms with Gasteiger partial charge in [-0.25, -0.2) is 4.79 Å². The van der Waals surface area contributed by atoms with Crippen LogP contribution in [0.25, 0.3) is 0 Å². The molecule has 0 heterocycles. The van der Waals surface area contributed by atoms with Crippen LogP contribution in [-0.2, 0) is 11.3 Å². The van der Waals surface area contributed by atoms with E-state index in [1.165, 1.54) is 0 Å². The molecule has 0 spiro atoms. The number of halogens is 1. The number of phenols is 1. The molecule has 0 unspecified atom stereocenters. The van der Waals surface area contributed by atoms with Crippen LogP contribution in [0.5, 0.6) is 5.75 Å². The zero-order chi connectivity index (χ0) is 14.5. The minimum atomic E-state index is -0.626. The Hall–Kier alpha value is -2.20. The molecule has 104 valence electrons. The van der Waals surface area contributed by atoms with Crippen LogP contribution >= 0.6 is 11.6 Å². The van der Waals surface area contributed by atoms with E-state index in [0.29, 0.717) is 11.3 Å². The van der Waals surface area contributed by atoms with Gasteiger partial charge in [0.05, 0.1) is 5.69 Å². The van der Waals surface area contributed by atoms with Gasteiger partial charge in [-0.15, -0.1) is 0 Å². The van der Waals surface area contributed by atoms with Crippen molar-refractivity contribution < 1.29 is 14.6 Å². The van der Waals surface area contributed by atoms with Crippen molar-refractivity contribution in [2.45, 2.75) is 13.5 Å². The van der Waals surface area contributed by atoms with E-state index in [2.05, 4.69) is 5.32 Å². The van der Waals surface area contributed by atoms with Gasteiger partial charge in [-0.2, -0.15) is 0 Å². The topological polar surface area (TPSA) is 58.6 Å². The van der Waals surface area contributed by atoms with Crippen LogP contribution in [0.15, 0.2) is 42.5 Å². The first-order valence-electron chi connectivity index (χ1n) is 6.03. The summed E-state index contributed by atoms with van der Waals surface area (Å²) in [5.74, 6) is -0.0486. The summed E-state index contributed by atoms with van der Waals surface area (Å²) in [6.45, 7) is 1.89. The van der Waals surface area contributed by atoms with Crippen molar-refractivity contribution in [3.8, 4) is 5.75 Å². The number of nitrogens with one attached hydrogen (secondary N) is 1. The molecule has 2 aromatic carbocycles. The Labute approximate surface area is 122 Å². The smallest absolute Gasteiger partial charge is 0.412 e. The van der Waals surface area contributed by atoms with Gasteiger partial charge >= 0.3 is 6.09 Å². The maximum absolute atomic E-state index is 11.7. The summed E-state index contributed by atoms with van der Waals surface area (Å²) in [6, 6.07) is 12.6. The van der Waals surface area contributed by atoms with E-state index in [4.69, 9.17) is 16.3 Å². The fourth-order valence-corrected chi connectivity index (χ4v) is 1.89. The van der Waals surface area contributed by atoms with Gasteiger partial charge in [-0.3, -0.25) is 5.32 Å². The van der Waals surface area contributed by atoms with Crippen LogP contribution in [0.2, 0.25) is 5.02 Å². The first-order chi connectivity index (χ1) is 9.58. The second-order valence-corrected chi connectivity index (χ2v) is 4.66. The predicted molar refractivity (Wildman–Crippen MR) is 78.1 cm³/mol. The SMILES string of the molecule is Cc1ccc(NC(=O)OCc2ccccc2)c(Cl)c1O. The van der Waals surface area contributed by atoms with E-state index in [-0.39, 0.29) is 17.4 Å². The quantitative estimate of drug-likeness (QED) is 0.895. The fourth-order valence-electron chi connectivity index (χ4n) is 1.63. The molecule has 0 aromatic heterocycles. The number of anilines is 1. The van der Waals surface area contributed by atoms with Crippen molar-refractivity contribution in [3.05, 3.63) is 58.6 Å². The monoisotopic (exact) mass is 291 g/mol. The van der Waals surface area contributed by atoms with Crippen molar-refractivity contribution in [3.63, 3.8) is 0 Å². The number of carbonyl (C=O) groups excluding carboxylic acids is 1. The van der Waals surface area contributed by atoms with E-state index in [0.717, 1.165) is 5.56 Å². The summed E-state index contributed by atoms with van der Waals surface area (Å²) in [7, 11) is 0. The summed E-state index contributed by atoms with van der Waals surface area (Å²) < 4.78 is 5.07. The van der Waals surface area contributed by atoms with Gasteiger partial charge in [0.25, 0.3) is 0 Å². The van der Waals surface area contributed by atoms with Crippen LogP contribution in [0.4, 0.5) is 10.5 Å². The number of ether oxygens (including phenoxy) is 1. The van der Waals surface area contributed by atoms with Gasteiger partial charge < -0.3 is 9.84 Å². The normalized spacial score (nSPS) is 10.1. The van der Waals surface area contributed by atoms with Gasteiger partial charge in [-0.1, -0.05) is 48.0 Å². The molecule has 0 radical (unpaired) electrons. The van der Waals surface area contributed by atoms with Gasteiger partial charge in [0.2, 0.25) is 0 Å². The minimum Gasteiger partial charge on any atom is -0.506 e. The Balaban J connectivity index is 1.97. The summed E-state index contributed by atoms with van der Waals surface area (Å²) in [5.41, 5.74) is 1.84. The predicted octanol–water partition coefficient (Wildman–Crippen LogP) is 4.10. The fraction of sp³-hybridized carbons (Fsp3) is 0.133. The van der Waals surface area contributed by atoms with E-state index in [1.54, 1.807) is 19.1 Å². The summed E-state index contributed by atoms with van der Waals surface area (Å²) in [5, 5.41) is 12.3. The van der Waals surface area contributed by atoms with E-state index >= 15 is 0 Å². The second-order valence-electron chi connectivity index (χ2n) is 4.28. The molecule has 20 heavy (non-hydrogen) atoms. The van der Waals surface area contributed by atoms with Crippen molar-refractivity contribution in [2.24, 2.45) is 0 Å². The molecule has 0 aliphatic heterocycles. The molecule has 0 atom stereocenters. The average Bonchev–Trinajstić information content (AvgIpc) is 2.47.